The molecule has 3 aliphatic heterocycles. The topological polar surface area (TPSA) is 110 Å². The van der Waals surface area contributed by atoms with E-state index in [9.17, 15) is 18.0 Å². The molecule has 0 N–H and O–H groups in total. The maximum absolute atomic E-state index is 12.8. The molecular formula is C25H30N4O5S. The molecule has 0 aliphatic carbocycles. The summed E-state index contributed by atoms with van der Waals surface area (Å²) >= 11 is 0. The zero-order chi connectivity index (χ0) is 24.8. The number of ether oxygens (including phenoxy) is 1. The predicted octanol–water partition coefficient (Wildman–Crippen LogP) is 2.31. The summed E-state index contributed by atoms with van der Waals surface area (Å²) in [7, 11) is -3.42. The Labute approximate surface area is 205 Å². The SMILES string of the molecule is CCS(=O)(=O)c1cnc(N2CC3(CCN(CCc4ccc5c(c4C)COC5=O)CC3)CC2=O)cn1. The highest BCUT2D eigenvalue weighted by Gasteiger charge is 2.45. The van der Waals surface area contributed by atoms with E-state index in [4.69, 9.17) is 4.74 Å². The van der Waals surface area contributed by atoms with Crippen molar-refractivity contribution >= 4 is 27.5 Å². The van der Waals surface area contributed by atoms with Gasteiger partial charge in [0.1, 0.15) is 6.61 Å². The number of sulfone groups is 1. The van der Waals surface area contributed by atoms with Crippen LogP contribution in [0.1, 0.15) is 53.2 Å². The van der Waals surface area contributed by atoms with Crippen molar-refractivity contribution in [1.82, 2.24) is 14.9 Å². The van der Waals surface area contributed by atoms with Crippen molar-refractivity contribution in [2.24, 2.45) is 5.41 Å². The largest absolute Gasteiger partial charge is 0.457 e. The summed E-state index contributed by atoms with van der Waals surface area (Å²) in [6, 6.07) is 3.92. The van der Waals surface area contributed by atoms with Crippen LogP contribution in [0, 0.1) is 12.3 Å². The van der Waals surface area contributed by atoms with Crippen molar-refractivity contribution in [3.05, 3.63) is 46.8 Å². The van der Waals surface area contributed by atoms with Gasteiger partial charge in [0.15, 0.2) is 20.7 Å². The minimum Gasteiger partial charge on any atom is -0.457 e. The fourth-order valence-electron chi connectivity index (χ4n) is 5.40. The number of fused-ring (bicyclic) bond motifs is 1. The Morgan fingerprint density at radius 1 is 1.11 bits per heavy atom. The van der Waals surface area contributed by atoms with Crippen LogP contribution in [-0.4, -0.2) is 67.1 Å². The first-order valence-corrected chi connectivity index (χ1v) is 13.7. The Bertz CT molecular complexity index is 1270. The smallest absolute Gasteiger partial charge is 0.338 e. The standard InChI is InChI=1S/C25H30N4O5S/c1-3-35(32,33)22-14-26-21(13-27-22)29-16-25(12-23(29)30)7-10-28(11-8-25)9-6-18-4-5-19-20(17(18)2)15-34-24(19)31/h4-5,13-14H,3,6-12,15-16H2,1-2H3. The molecule has 2 saturated heterocycles. The van der Waals surface area contributed by atoms with E-state index >= 15 is 0 Å². The van der Waals surface area contributed by atoms with Gasteiger partial charge < -0.3 is 9.64 Å². The van der Waals surface area contributed by atoms with Crippen LogP contribution in [0.5, 0.6) is 0 Å². The fourth-order valence-corrected chi connectivity index (χ4v) is 6.12. The second-order valence-corrected chi connectivity index (χ2v) is 12.0. The molecule has 186 valence electrons. The van der Waals surface area contributed by atoms with Gasteiger partial charge in [-0.3, -0.25) is 9.69 Å². The molecular weight excluding hydrogens is 468 g/mol. The van der Waals surface area contributed by atoms with Crippen LogP contribution in [0.3, 0.4) is 0 Å². The second kappa shape index (κ2) is 8.98. The number of rotatable bonds is 6. The van der Waals surface area contributed by atoms with Crippen LogP contribution in [0.4, 0.5) is 5.82 Å². The van der Waals surface area contributed by atoms with Crippen LogP contribution in [0.25, 0.3) is 0 Å². The lowest BCUT2D eigenvalue weighted by atomic mass is 9.77. The van der Waals surface area contributed by atoms with E-state index in [1.54, 1.807) is 11.8 Å². The number of anilines is 1. The number of likely N-dealkylation sites (tertiary alicyclic amines) is 1. The summed E-state index contributed by atoms with van der Waals surface area (Å²) in [4.78, 5) is 37.0. The van der Waals surface area contributed by atoms with Crippen molar-refractivity contribution in [2.75, 3.05) is 36.8 Å². The molecule has 1 aromatic carbocycles. The molecule has 2 fully saturated rings. The highest BCUT2D eigenvalue weighted by Crippen LogP contribution is 2.42. The van der Waals surface area contributed by atoms with E-state index in [-0.39, 0.29) is 28.1 Å². The first-order chi connectivity index (χ1) is 16.7. The number of carbonyl (C=O) groups excluding carboxylic acids is 2. The molecule has 0 bridgehead atoms. The summed E-state index contributed by atoms with van der Waals surface area (Å²) in [6.45, 7) is 7.36. The summed E-state index contributed by atoms with van der Waals surface area (Å²) < 4.78 is 29.1. The van der Waals surface area contributed by atoms with E-state index < -0.39 is 9.84 Å². The zero-order valence-electron chi connectivity index (χ0n) is 20.1. The average Bonchev–Trinajstić information content (AvgIpc) is 3.40. The zero-order valence-corrected chi connectivity index (χ0v) is 20.9. The normalized spacial score (nSPS) is 19.9. The number of esters is 1. The number of hydrogen-bond donors (Lipinski definition) is 0. The van der Waals surface area contributed by atoms with Crippen LogP contribution < -0.4 is 4.90 Å². The van der Waals surface area contributed by atoms with Crippen molar-refractivity contribution in [3.8, 4) is 0 Å². The second-order valence-electron chi connectivity index (χ2n) is 9.82. The van der Waals surface area contributed by atoms with Crippen LogP contribution >= 0.6 is 0 Å². The lowest BCUT2D eigenvalue weighted by Gasteiger charge is -2.38. The lowest BCUT2D eigenvalue weighted by Crippen LogP contribution is -2.42. The van der Waals surface area contributed by atoms with Crippen molar-refractivity contribution < 1.29 is 22.7 Å². The van der Waals surface area contributed by atoms with E-state index in [0.717, 1.165) is 50.0 Å². The Balaban J connectivity index is 1.18. The molecule has 1 spiro atoms. The molecule has 0 radical (unpaired) electrons. The molecule has 5 rings (SSSR count). The number of cyclic esters (lactones) is 1. The van der Waals surface area contributed by atoms with Gasteiger partial charge in [-0.15, -0.1) is 0 Å². The van der Waals surface area contributed by atoms with Crippen molar-refractivity contribution in [3.63, 3.8) is 0 Å². The van der Waals surface area contributed by atoms with Gasteiger partial charge in [0.25, 0.3) is 0 Å². The predicted molar refractivity (Wildman–Crippen MR) is 129 cm³/mol. The van der Waals surface area contributed by atoms with Crippen molar-refractivity contribution in [1.29, 1.82) is 0 Å². The molecule has 1 aromatic heterocycles. The van der Waals surface area contributed by atoms with Crippen LogP contribution in [0.2, 0.25) is 0 Å². The molecule has 1 amide bonds. The van der Waals surface area contributed by atoms with Gasteiger partial charge in [0.2, 0.25) is 5.91 Å². The molecule has 0 unspecified atom stereocenters. The minimum atomic E-state index is -3.42. The molecule has 4 heterocycles. The molecule has 3 aliphatic rings. The molecule has 35 heavy (non-hydrogen) atoms. The lowest BCUT2D eigenvalue weighted by molar-refractivity contribution is -0.118. The minimum absolute atomic E-state index is 0.0179. The van der Waals surface area contributed by atoms with Crippen LogP contribution in [-0.2, 0) is 32.4 Å². The highest BCUT2D eigenvalue weighted by molar-refractivity contribution is 7.91. The highest BCUT2D eigenvalue weighted by atomic mass is 32.2. The van der Waals surface area contributed by atoms with E-state index in [1.807, 2.05) is 12.1 Å². The van der Waals surface area contributed by atoms with Gasteiger partial charge in [-0.25, -0.2) is 23.2 Å². The molecule has 9 nitrogen and oxygen atoms in total. The number of amides is 1. The Morgan fingerprint density at radius 3 is 2.57 bits per heavy atom. The summed E-state index contributed by atoms with van der Waals surface area (Å²) in [6.07, 6.45) is 5.89. The van der Waals surface area contributed by atoms with E-state index in [1.165, 1.54) is 18.0 Å². The average molecular weight is 499 g/mol. The number of aromatic nitrogens is 2. The molecule has 0 atom stereocenters. The van der Waals surface area contributed by atoms with Gasteiger partial charge in [-0.05, 0) is 61.9 Å². The Morgan fingerprint density at radius 2 is 1.89 bits per heavy atom. The third-order valence-corrected chi connectivity index (χ3v) is 9.41. The molecule has 0 saturated carbocycles. The molecule has 2 aromatic rings. The van der Waals surface area contributed by atoms with Gasteiger partial charge >= 0.3 is 5.97 Å². The Hall–Kier alpha value is -2.85. The maximum Gasteiger partial charge on any atom is 0.338 e. The third-order valence-electron chi connectivity index (χ3n) is 7.80. The number of carbonyl (C=O) groups is 2. The monoisotopic (exact) mass is 498 g/mol. The fraction of sp³-hybridized carbons (Fsp3) is 0.520. The van der Waals surface area contributed by atoms with E-state index in [2.05, 4.69) is 21.8 Å². The Kier molecular flexibility index (Phi) is 6.13. The summed E-state index contributed by atoms with van der Waals surface area (Å²) in [5.74, 6) is 0.163. The number of hydrogen-bond acceptors (Lipinski definition) is 8. The summed E-state index contributed by atoms with van der Waals surface area (Å²) in [5, 5.41) is -0.0591. The number of piperidine rings is 1. The van der Waals surface area contributed by atoms with E-state index in [0.29, 0.717) is 31.0 Å². The number of nitrogens with zero attached hydrogens (tertiary/aromatic N) is 4. The van der Waals surface area contributed by atoms with Gasteiger partial charge in [0.05, 0.1) is 23.7 Å². The van der Waals surface area contributed by atoms with Crippen molar-refractivity contribution in [2.45, 2.75) is 51.2 Å². The first-order valence-electron chi connectivity index (χ1n) is 12.1. The van der Waals surface area contributed by atoms with Crippen LogP contribution in [0.15, 0.2) is 29.6 Å². The summed E-state index contributed by atoms with van der Waals surface area (Å²) in [5.41, 5.74) is 4.02. The molecule has 10 heteroatoms. The van der Waals surface area contributed by atoms with Gasteiger partial charge in [0, 0.05) is 25.1 Å². The maximum atomic E-state index is 12.8. The van der Waals surface area contributed by atoms with Gasteiger partial charge in [-0.2, -0.15) is 0 Å². The quantitative estimate of drug-likeness (QED) is 0.558. The number of benzene rings is 1. The first kappa shape index (κ1) is 23.9. The van der Waals surface area contributed by atoms with Gasteiger partial charge in [-0.1, -0.05) is 13.0 Å². The third kappa shape index (κ3) is 4.45.